The third kappa shape index (κ3) is 6.08. The van der Waals surface area contributed by atoms with Gasteiger partial charge in [0.25, 0.3) is 0 Å². The second kappa shape index (κ2) is 9.50. The Morgan fingerprint density at radius 1 is 1.18 bits per heavy atom. The molecule has 1 aromatic carbocycles. The minimum atomic E-state index is -0.721. The third-order valence-corrected chi connectivity index (χ3v) is 4.15. The van der Waals surface area contributed by atoms with Crippen molar-refractivity contribution in [3.05, 3.63) is 29.3 Å². The van der Waals surface area contributed by atoms with E-state index in [0.717, 1.165) is 13.0 Å². The Bertz CT molecular complexity index is 471. The van der Waals surface area contributed by atoms with Gasteiger partial charge in [-0.05, 0) is 37.5 Å². The minimum absolute atomic E-state index is 0.351. The number of aryl methyl sites for hydroxylation is 2. The maximum Gasteiger partial charge on any atom is 0.308 e. The summed E-state index contributed by atoms with van der Waals surface area (Å²) in [5, 5.41) is 9.22. The molecule has 0 amide bonds. The quantitative estimate of drug-likeness (QED) is 0.631. The molecule has 0 aliphatic rings. The molecule has 0 aliphatic carbocycles. The van der Waals surface area contributed by atoms with E-state index in [2.05, 4.69) is 43.9 Å². The number of hydrogen-bond acceptors (Lipinski definition) is 2. The molecule has 0 fully saturated rings. The summed E-state index contributed by atoms with van der Waals surface area (Å²) in [5.41, 5.74) is 3.62. The summed E-state index contributed by atoms with van der Waals surface area (Å²) in [6, 6.07) is 6.41. The van der Waals surface area contributed by atoms with E-state index in [4.69, 9.17) is 0 Å². The first-order chi connectivity index (χ1) is 10.5. The molecule has 124 valence electrons. The summed E-state index contributed by atoms with van der Waals surface area (Å²) < 4.78 is 0. The van der Waals surface area contributed by atoms with Gasteiger partial charge in [0.2, 0.25) is 0 Å². The highest BCUT2D eigenvalue weighted by atomic mass is 16.4. The zero-order chi connectivity index (χ0) is 16.5. The molecule has 0 saturated heterocycles. The number of aliphatic carboxylic acids is 1. The van der Waals surface area contributed by atoms with Crippen molar-refractivity contribution in [3.8, 4) is 0 Å². The fourth-order valence-electron chi connectivity index (χ4n) is 2.69. The normalized spacial score (nSPS) is 12.2. The second-order valence-corrected chi connectivity index (χ2v) is 6.39. The number of unbranched alkanes of at least 4 members (excludes halogenated alkanes) is 4. The Morgan fingerprint density at radius 2 is 1.86 bits per heavy atom. The van der Waals surface area contributed by atoms with Crippen molar-refractivity contribution in [1.29, 1.82) is 0 Å². The summed E-state index contributed by atoms with van der Waals surface area (Å²) in [4.78, 5) is 13.5. The van der Waals surface area contributed by atoms with Crippen LogP contribution in [0.5, 0.6) is 0 Å². The van der Waals surface area contributed by atoms with Gasteiger partial charge in [0.15, 0.2) is 0 Å². The lowest BCUT2D eigenvalue weighted by Crippen LogP contribution is -2.33. The summed E-state index contributed by atoms with van der Waals surface area (Å²) in [6.07, 6.45) is 6.15. The van der Waals surface area contributed by atoms with Crippen LogP contribution in [-0.2, 0) is 4.79 Å². The Kier molecular flexibility index (Phi) is 8.00. The zero-order valence-electron chi connectivity index (χ0n) is 14.6. The van der Waals surface area contributed by atoms with Crippen LogP contribution in [0.15, 0.2) is 18.2 Å². The van der Waals surface area contributed by atoms with Gasteiger partial charge in [-0.2, -0.15) is 0 Å². The van der Waals surface area contributed by atoms with Crippen LogP contribution in [-0.4, -0.2) is 24.2 Å². The molecule has 1 aromatic rings. The van der Waals surface area contributed by atoms with E-state index in [1.165, 1.54) is 42.5 Å². The van der Waals surface area contributed by atoms with Crippen LogP contribution in [0, 0.1) is 19.8 Å². The van der Waals surface area contributed by atoms with Gasteiger partial charge in [-0.1, -0.05) is 51.7 Å². The van der Waals surface area contributed by atoms with Gasteiger partial charge in [-0.15, -0.1) is 0 Å². The van der Waals surface area contributed by atoms with Crippen molar-refractivity contribution in [2.24, 2.45) is 5.92 Å². The highest BCUT2D eigenvalue weighted by Crippen LogP contribution is 2.23. The Morgan fingerprint density at radius 3 is 2.50 bits per heavy atom. The van der Waals surface area contributed by atoms with Gasteiger partial charge < -0.3 is 10.0 Å². The highest BCUT2D eigenvalue weighted by molar-refractivity contribution is 5.70. The molecule has 0 aromatic heterocycles. The molecule has 0 aliphatic heterocycles. The number of rotatable bonds is 10. The highest BCUT2D eigenvalue weighted by Gasteiger charge is 2.17. The molecule has 1 atom stereocenters. The predicted molar refractivity (Wildman–Crippen MR) is 93.7 cm³/mol. The number of benzene rings is 1. The van der Waals surface area contributed by atoms with Crippen LogP contribution in [0.1, 0.15) is 57.1 Å². The minimum Gasteiger partial charge on any atom is -0.481 e. The van der Waals surface area contributed by atoms with Gasteiger partial charge in [-0.3, -0.25) is 4.79 Å². The number of anilines is 1. The second-order valence-electron chi connectivity index (χ2n) is 6.39. The number of carbonyl (C=O) groups is 1. The Hall–Kier alpha value is -1.51. The average molecular weight is 305 g/mol. The van der Waals surface area contributed by atoms with Crippen molar-refractivity contribution >= 4 is 11.7 Å². The van der Waals surface area contributed by atoms with Crippen LogP contribution in [0.4, 0.5) is 5.69 Å². The third-order valence-electron chi connectivity index (χ3n) is 4.15. The first-order valence-corrected chi connectivity index (χ1v) is 8.50. The van der Waals surface area contributed by atoms with E-state index in [9.17, 15) is 9.90 Å². The van der Waals surface area contributed by atoms with Gasteiger partial charge in [0.1, 0.15) is 0 Å². The first-order valence-electron chi connectivity index (χ1n) is 8.50. The van der Waals surface area contributed by atoms with Crippen molar-refractivity contribution in [1.82, 2.24) is 0 Å². The molecule has 1 rings (SSSR count). The van der Waals surface area contributed by atoms with Crippen LogP contribution in [0.25, 0.3) is 0 Å². The van der Waals surface area contributed by atoms with E-state index in [0.29, 0.717) is 6.54 Å². The van der Waals surface area contributed by atoms with Gasteiger partial charge in [-0.25, -0.2) is 0 Å². The molecule has 0 bridgehead atoms. The molecule has 0 heterocycles. The lowest BCUT2D eigenvalue weighted by atomic mass is 10.1. The molecule has 3 nitrogen and oxygen atoms in total. The van der Waals surface area contributed by atoms with Crippen molar-refractivity contribution in [2.75, 3.05) is 18.0 Å². The van der Waals surface area contributed by atoms with Gasteiger partial charge >= 0.3 is 5.97 Å². The van der Waals surface area contributed by atoms with Crippen molar-refractivity contribution in [3.63, 3.8) is 0 Å². The largest absolute Gasteiger partial charge is 0.481 e. The monoisotopic (exact) mass is 305 g/mol. The first kappa shape index (κ1) is 18.5. The maximum atomic E-state index is 11.2. The number of nitrogens with zero attached hydrogens (tertiary/aromatic N) is 1. The van der Waals surface area contributed by atoms with E-state index < -0.39 is 5.97 Å². The topological polar surface area (TPSA) is 40.5 Å². The number of carboxylic acids is 1. The summed E-state index contributed by atoms with van der Waals surface area (Å²) in [5.74, 6) is -1.07. The van der Waals surface area contributed by atoms with E-state index >= 15 is 0 Å². The predicted octanol–water partition coefficient (Wildman–Crippen LogP) is 4.80. The van der Waals surface area contributed by atoms with E-state index in [1.807, 2.05) is 0 Å². The lowest BCUT2D eigenvalue weighted by Gasteiger charge is -2.28. The molecule has 1 N–H and O–H groups in total. The number of hydrogen-bond donors (Lipinski definition) is 1. The molecule has 0 spiro atoms. The van der Waals surface area contributed by atoms with Crippen molar-refractivity contribution in [2.45, 2.75) is 59.8 Å². The van der Waals surface area contributed by atoms with E-state index in [-0.39, 0.29) is 5.92 Å². The standard InChI is InChI=1S/C19H31NO2/c1-5-6-7-8-9-12-20(14-17(4)19(21)22)18-13-15(2)10-11-16(18)3/h10-11,13,17H,5-9,12,14H2,1-4H3,(H,21,22). The SMILES string of the molecule is CCCCCCCN(CC(C)C(=O)O)c1cc(C)ccc1C. The van der Waals surface area contributed by atoms with E-state index in [1.54, 1.807) is 6.92 Å². The van der Waals surface area contributed by atoms with Gasteiger partial charge in [0, 0.05) is 18.8 Å². The Balaban J connectivity index is 2.76. The molecular weight excluding hydrogens is 274 g/mol. The van der Waals surface area contributed by atoms with Crippen molar-refractivity contribution < 1.29 is 9.90 Å². The average Bonchev–Trinajstić information content (AvgIpc) is 2.48. The summed E-state index contributed by atoms with van der Waals surface area (Å²) in [7, 11) is 0. The van der Waals surface area contributed by atoms with Crippen LogP contribution < -0.4 is 4.90 Å². The fourth-order valence-corrected chi connectivity index (χ4v) is 2.69. The molecule has 3 heteroatoms. The van der Waals surface area contributed by atoms with Gasteiger partial charge in [0.05, 0.1) is 5.92 Å². The zero-order valence-corrected chi connectivity index (χ0v) is 14.6. The maximum absolute atomic E-state index is 11.2. The van der Waals surface area contributed by atoms with Crippen LogP contribution >= 0.6 is 0 Å². The smallest absolute Gasteiger partial charge is 0.308 e. The Labute approximate surface area is 135 Å². The lowest BCUT2D eigenvalue weighted by molar-refractivity contribution is -0.140. The molecule has 0 saturated carbocycles. The summed E-state index contributed by atoms with van der Waals surface area (Å²) in [6.45, 7) is 9.71. The molecular formula is C19H31NO2. The fraction of sp³-hybridized carbons (Fsp3) is 0.632. The van der Waals surface area contributed by atoms with Crippen LogP contribution in [0.3, 0.4) is 0 Å². The molecule has 22 heavy (non-hydrogen) atoms. The summed E-state index contributed by atoms with van der Waals surface area (Å²) >= 11 is 0. The van der Waals surface area contributed by atoms with Crippen LogP contribution in [0.2, 0.25) is 0 Å². The molecule has 1 unspecified atom stereocenters. The number of carboxylic acid groups (broad SMARTS) is 1. The molecule has 0 radical (unpaired) electrons.